The van der Waals surface area contributed by atoms with Crippen LogP contribution < -0.4 is 5.32 Å². The van der Waals surface area contributed by atoms with Crippen LogP contribution in [0.4, 0.5) is 4.79 Å². The van der Waals surface area contributed by atoms with Gasteiger partial charge in [-0.1, -0.05) is 19.8 Å². The van der Waals surface area contributed by atoms with Gasteiger partial charge >= 0.3 is 6.03 Å². The van der Waals surface area contributed by atoms with Crippen molar-refractivity contribution in [1.82, 2.24) is 10.2 Å². The van der Waals surface area contributed by atoms with Crippen LogP contribution in [-0.2, 0) is 9.84 Å². The highest BCUT2D eigenvalue weighted by atomic mass is 32.2. The lowest BCUT2D eigenvalue weighted by Crippen LogP contribution is -2.46. The van der Waals surface area contributed by atoms with Crippen LogP contribution >= 0.6 is 0 Å². The Morgan fingerprint density at radius 3 is 2.56 bits per heavy atom. The molecule has 1 heterocycles. The third-order valence-corrected chi connectivity index (χ3v) is 5.06. The zero-order chi connectivity index (χ0) is 13.6. The predicted molar refractivity (Wildman–Crippen MR) is 72.4 cm³/mol. The molecule has 18 heavy (non-hydrogen) atoms. The molecular weight excluding hydrogens is 252 g/mol. The Hall–Kier alpha value is -0.780. The molecule has 1 N–H and O–H groups in total. The first-order valence-corrected chi connectivity index (χ1v) is 8.57. The lowest BCUT2D eigenvalue weighted by molar-refractivity contribution is 0.183. The summed E-state index contributed by atoms with van der Waals surface area (Å²) in [6, 6.07) is -0.276. The third kappa shape index (κ3) is 4.48. The second-order valence-electron chi connectivity index (χ2n) is 4.78. The molecule has 0 aromatic carbocycles. The van der Waals surface area contributed by atoms with Crippen LogP contribution in [-0.4, -0.2) is 50.0 Å². The van der Waals surface area contributed by atoms with E-state index < -0.39 is 9.84 Å². The van der Waals surface area contributed by atoms with E-state index in [1.54, 1.807) is 4.90 Å². The number of carbonyl (C=O) groups is 1. The van der Waals surface area contributed by atoms with Crippen LogP contribution in [0.3, 0.4) is 0 Å². The SMILES string of the molecule is CCCCCNC(=O)N(CC)C1CCS(=O)(=O)C1. The van der Waals surface area contributed by atoms with Crippen LogP contribution in [0.25, 0.3) is 0 Å². The van der Waals surface area contributed by atoms with Gasteiger partial charge in [-0.05, 0) is 19.8 Å². The summed E-state index contributed by atoms with van der Waals surface area (Å²) in [4.78, 5) is 13.6. The van der Waals surface area contributed by atoms with Gasteiger partial charge in [0.25, 0.3) is 0 Å². The topological polar surface area (TPSA) is 66.5 Å². The van der Waals surface area contributed by atoms with E-state index in [1.165, 1.54) is 0 Å². The highest BCUT2D eigenvalue weighted by molar-refractivity contribution is 7.91. The molecular formula is C12H24N2O3S. The quantitative estimate of drug-likeness (QED) is 0.746. The summed E-state index contributed by atoms with van der Waals surface area (Å²) in [6.07, 6.45) is 3.76. The summed E-state index contributed by atoms with van der Waals surface area (Å²) in [6.45, 7) is 5.22. The average molecular weight is 276 g/mol. The number of amides is 2. The Morgan fingerprint density at radius 2 is 2.06 bits per heavy atom. The first-order chi connectivity index (χ1) is 8.50. The van der Waals surface area contributed by atoms with E-state index in [0.29, 0.717) is 19.5 Å². The van der Waals surface area contributed by atoms with Crippen LogP contribution in [0.5, 0.6) is 0 Å². The van der Waals surface area contributed by atoms with Crippen molar-refractivity contribution >= 4 is 15.9 Å². The summed E-state index contributed by atoms with van der Waals surface area (Å²) in [5.41, 5.74) is 0. The second kappa shape index (κ2) is 6.97. The lowest BCUT2D eigenvalue weighted by atomic mass is 10.2. The molecule has 0 spiro atoms. The predicted octanol–water partition coefficient (Wildman–Crippen LogP) is 1.40. The van der Waals surface area contributed by atoms with Gasteiger partial charge in [-0.3, -0.25) is 0 Å². The molecule has 0 aromatic heterocycles. The average Bonchev–Trinajstić information content (AvgIpc) is 2.66. The minimum Gasteiger partial charge on any atom is -0.338 e. The summed E-state index contributed by atoms with van der Waals surface area (Å²) in [5, 5.41) is 2.86. The van der Waals surface area contributed by atoms with Crippen molar-refractivity contribution in [2.45, 2.75) is 45.6 Å². The van der Waals surface area contributed by atoms with E-state index in [-0.39, 0.29) is 23.6 Å². The van der Waals surface area contributed by atoms with Crippen LogP contribution in [0.1, 0.15) is 39.5 Å². The lowest BCUT2D eigenvalue weighted by Gasteiger charge is -2.27. The van der Waals surface area contributed by atoms with E-state index in [2.05, 4.69) is 12.2 Å². The van der Waals surface area contributed by atoms with Gasteiger partial charge in [-0.25, -0.2) is 13.2 Å². The van der Waals surface area contributed by atoms with Crippen molar-refractivity contribution in [3.63, 3.8) is 0 Å². The first kappa shape index (κ1) is 15.3. The number of nitrogens with zero attached hydrogens (tertiary/aromatic N) is 1. The van der Waals surface area contributed by atoms with E-state index in [4.69, 9.17) is 0 Å². The van der Waals surface area contributed by atoms with Crippen molar-refractivity contribution in [2.75, 3.05) is 24.6 Å². The number of hydrogen-bond donors (Lipinski definition) is 1. The van der Waals surface area contributed by atoms with Gasteiger partial charge in [0, 0.05) is 19.1 Å². The summed E-state index contributed by atoms with van der Waals surface area (Å²) in [7, 11) is -2.93. The first-order valence-electron chi connectivity index (χ1n) is 6.75. The minimum atomic E-state index is -2.93. The minimum absolute atomic E-state index is 0.114. The Bertz CT molecular complexity index is 368. The number of rotatable bonds is 6. The summed E-state index contributed by atoms with van der Waals surface area (Å²) in [5.74, 6) is 0.320. The van der Waals surface area contributed by atoms with Gasteiger partial charge in [0.1, 0.15) is 0 Å². The van der Waals surface area contributed by atoms with Gasteiger partial charge in [-0.15, -0.1) is 0 Å². The fourth-order valence-corrected chi connectivity index (χ4v) is 3.99. The molecule has 0 aromatic rings. The molecule has 1 atom stereocenters. The van der Waals surface area contributed by atoms with E-state index >= 15 is 0 Å². The molecule has 0 saturated carbocycles. The van der Waals surface area contributed by atoms with Gasteiger partial charge in [0.05, 0.1) is 11.5 Å². The maximum absolute atomic E-state index is 12.0. The highest BCUT2D eigenvalue weighted by Gasteiger charge is 2.33. The zero-order valence-electron chi connectivity index (χ0n) is 11.3. The summed E-state index contributed by atoms with van der Waals surface area (Å²) >= 11 is 0. The highest BCUT2D eigenvalue weighted by Crippen LogP contribution is 2.17. The number of sulfone groups is 1. The third-order valence-electron chi connectivity index (χ3n) is 3.31. The molecule has 1 unspecified atom stereocenters. The van der Waals surface area contributed by atoms with Crippen molar-refractivity contribution in [3.8, 4) is 0 Å². The zero-order valence-corrected chi connectivity index (χ0v) is 12.1. The molecule has 106 valence electrons. The van der Waals surface area contributed by atoms with Crippen molar-refractivity contribution in [3.05, 3.63) is 0 Å². The molecule has 1 saturated heterocycles. The molecule has 5 nitrogen and oxygen atoms in total. The number of unbranched alkanes of at least 4 members (excludes halogenated alkanes) is 2. The summed E-state index contributed by atoms with van der Waals surface area (Å²) < 4.78 is 22.8. The van der Waals surface area contributed by atoms with Gasteiger partial charge < -0.3 is 10.2 Å². The van der Waals surface area contributed by atoms with Gasteiger partial charge in [0.2, 0.25) is 0 Å². The van der Waals surface area contributed by atoms with Gasteiger partial charge in [0.15, 0.2) is 9.84 Å². The van der Waals surface area contributed by atoms with E-state index in [0.717, 1.165) is 19.3 Å². The number of carbonyl (C=O) groups excluding carboxylic acids is 1. The normalized spacial score (nSPS) is 21.8. The van der Waals surface area contributed by atoms with Crippen molar-refractivity contribution in [2.24, 2.45) is 0 Å². The molecule has 2 amide bonds. The molecule has 6 heteroatoms. The number of hydrogen-bond acceptors (Lipinski definition) is 3. The molecule has 1 aliphatic heterocycles. The van der Waals surface area contributed by atoms with Crippen LogP contribution in [0.2, 0.25) is 0 Å². The molecule has 0 aliphatic carbocycles. The Morgan fingerprint density at radius 1 is 1.33 bits per heavy atom. The maximum atomic E-state index is 12.0. The monoisotopic (exact) mass is 276 g/mol. The molecule has 1 fully saturated rings. The number of urea groups is 1. The Kier molecular flexibility index (Phi) is 5.91. The largest absolute Gasteiger partial charge is 0.338 e. The molecule has 0 bridgehead atoms. The molecule has 0 radical (unpaired) electrons. The maximum Gasteiger partial charge on any atom is 0.317 e. The molecule has 1 rings (SSSR count). The van der Waals surface area contributed by atoms with Gasteiger partial charge in [-0.2, -0.15) is 0 Å². The fourth-order valence-electron chi connectivity index (χ4n) is 2.26. The smallest absolute Gasteiger partial charge is 0.317 e. The number of nitrogens with one attached hydrogen (secondary N) is 1. The Balaban J connectivity index is 2.43. The van der Waals surface area contributed by atoms with Crippen molar-refractivity contribution in [1.29, 1.82) is 0 Å². The fraction of sp³-hybridized carbons (Fsp3) is 0.917. The standard InChI is InChI=1S/C12H24N2O3S/c1-3-5-6-8-13-12(15)14(4-2)11-7-9-18(16,17)10-11/h11H,3-10H2,1-2H3,(H,13,15). The van der Waals surface area contributed by atoms with Crippen LogP contribution in [0, 0.1) is 0 Å². The molecule has 1 aliphatic rings. The second-order valence-corrected chi connectivity index (χ2v) is 7.01. The Labute approximate surface area is 110 Å². The van der Waals surface area contributed by atoms with E-state index in [9.17, 15) is 13.2 Å². The van der Waals surface area contributed by atoms with Crippen molar-refractivity contribution < 1.29 is 13.2 Å². The van der Waals surface area contributed by atoms with E-state index in [1.807, 2.05) is 6.92 Å². The van der Waals surface area contributed by atoms with Crippen LogP contribution in [0.15, 0.2) is 0 Å².